The van der Waals surface area contributed by atoms with Crippen molar-refractivity contribution < 1.29 is 19.7 Å². The Morgan fingerprint density at radius 1 is 1.42 bits per heavy atom. The van der Waals surface area contributed by atoms with E-state index in [9.17, 15) is 15.0 Å². The summed E-state index contributed by atoms with van der Waals surface area (Å²) in [7, 11) is 0. The summed E-state index contributed by atoms with van der Waals surface area (Å²) in [6.07, 6.45) is 0.782. The second-order valence-electron chi connectivity index (χ2n) is 6.38. The number of carbonyl (C=O) groups is 1. The summed E-state index contributed by atoms with van der Waals surface area (Å²) in [6, 6.07) is 0. The van der Waals surface area contributed by atoms with Crippen LogP contribution in [0.5, 0.6) is 0 Å². The van der Waals surface area contributed by atoms with E-state index >= 15 is 0 Å². The maximum atomic E-state index is 11.7. The molecule has 104 valence electrons. The van der Waals surface area contributed by atoms with Crippen molar-refractivity contribution in [2.45, 2.75) is 44.0 Å². The van der Waals surface area contributed by atoms with Gasteiger partial charge in [0.1, 0.15) is 6.10 Å². The smallest absolute Gasteiger partial charge is 0.334 e. The number of ether oxygens (including phenoxy) is 1. The Balaban J connectivity index is 2.06. The predicted molar refractivity (Wildman–Crippen MR) is 69.1 cm³/mol. The molecule has 2 aliphatic carbocycles. The van der Waals surface area contributed by atoms with Crippen molar-refractivity contribution in [3.05, 3.63) is 24.3 Å². The van der Waals surface area contributed by atoms with Gasteiger partial charge in [-0.2, -0.15) is 0 Å². The van der Waals surface area contributed by atoms with Crippen LogP contribution in [0, 0.1) is 17.8 Å². The molecule has 4 nitrogen and oxygen atoms in total. The van der Waals surface area contributed by atoms with Gasteiger partial charge in [-0.3, -0.25) is 0 Å². The first-order chi connectivity index (χ1) is 8.83. The average Bonchev–Trinajstić information content (AvgIpc) is 2.72. The monoisotopic (exact) mass is 264 g/mol. The molecule has 0 spiro atoms. The van der Waals surface area contributed by atoms with E-state index < -0.39 is 29.7 Å². The van der Waals surface area contributed by atoms with Gasteiger partial charge in [0.05, 0.1) is 17.6 Å². The number of hydrogen-bond donors (Lipinski definition) is 2. The van der Waals surface area contributed by atoms with Gasteiger partial charge in [-0.05, 0) is 32.1 Å². The average molecular weight is 264 g/mol. The van der Waals surface area contributed by atoms with E-state index in [-0.39, 0.29) is 11.8 Å². The molecule has 1 aliphatic heterocycles. The van der Waals surface area contributed by atoms with Gasteiger partial charge in [-0.1, -0.05) is 18.7 Å². The van der Waals surface area contributed by atoms with Crippen LogP contribution in [-0.2, 0) is 9.53 Å². The molecule has 0 aromatic heterocycles. The minimum atomic E-state index is -0.883. The summed E-state index contributed by atoms with van der Waals surface area (Å²) in [5.41, 5.74) is 0.396. The predicted octanol–water partition coefficient (Wildman–Crippen LogP) is 1.18. The van der Waals surface area contributed by atoms with Crippen LogP contribution in [0.1, 0.15) is 26.2 Å². The van der Waals surface area contributed by atoms with E-state index in [2.05, 4.69) is 13.2 Å². The standard InChI is InChI=1S/C15H20O4/c1-7-6-10(16)11-8(2)14(17)19-13(11)12-9(7)4-5-15(12,3)18/h9-13,16,18H,1-2,4-6H2,3H3. The summed E-state index contributed by atoms with van der Waals surface area (Å²) >= 11 is 0. The van der Waals surface area contributed by atoms with E-state index in [1.165, 1.54) is 0 Å². The first-order valence-corrected chi connectivity index (χ1v) is 6.81. The third-order valence-corrected chi connectivity index (χ3v) is 5.14. The highest BCUT2D eigenvalue weighted by atomic mass is 16.6. The van der Waals surface area contributed by atoms with Crippen molar-refractivity contribution in [1.29, 1.82) is 0 Å². The van der Waals surface area contributed by atoms with Crippen molar-refractivity contribution in [1.82, 2.24) is 0 Å². The highest BCUT2D eigenvalue weighted by Crippen LogP contribution is 2.53. The van der Waals surface area contributed by atoms with Crippen molar-refractivity contribution in [2.75, 3.05) is 0 Å². The Labute approximate surface area is 112 Å². The Hall–Kier alpha value is -1.13. The summed E-state index contributed by atoms with van der Waals surface area (Å²) in [5.74, 6) is -0.935. The van der Waals surface area contributed by atoms with Crippen molar-refractivity contribution in [3.63, 3.8) is 0 Å². The topological polar surface area (TPSA) is 66.8 Å². The number of esters is 1. The van der Waals surface area contributed by atoms with Crippen LogP contribution < -0.4 is 0 Å². The largest absolute Gasteiger partial charge is 0.458 e. The molecule has 0 amide bonds. The zero-order valence-electron chi connectivity index (χ0n) is 11.1. The van der Waals surface area contributed by atoms with Gasteiger partial charge in [0.15, 0.2) is 0 Å². The fourth-order valence-corrected chi connectivity index (χ4v) is 4.17. The molecule has 3 fully saturated rings. The lowest BCUT2D eigenvalue weighted by atomic mass is 9.77. The van der Waals surface area contributed by atoms with Gasteiger partial charge >= 0.3 is 5.97 Å². The number of fused-ring (bicyclic) bond motifs is 3. The molecular formula is C15H20O4. The summed E-state index contributed by atoms with van der Waals surface area (Å²) in [6.45, 7) is 9.60. The van der Waals surface area contributed by atoms with E-state index in [1.54, 1.807) is 6.92 Å². The fraction of sp³-hybridized carbons (Fsp3) is 0.667. The van der Waals surface area contributed by atoms with Crippen LogP contribution in [-0.4, -0.2) is 34.0 Å². The molecule has 1 saturated heterocycles. The Bertz CT molecular complexity index is 465. The summed E-state index contributed by atoms with van der Waals surface area (Å²) < 4.78 is 5.43. The lowest BCUT2D eigenvalue weighted by Gasteiger charge is -2.34. The highest BCUT2D eigenvalue weighted by molar-refractivity contribution is 5.91. The highest BCUT2D eigenvalue weighted by Gasteiger charge is 2.58. The molecule has 0 bridgehead atoms. The molecule has 3 aliphatic rings. The number of aliphatic hydroxyl groups excluding tert-OH is 1. The Morgan fingerprint density at radius 3 is 2.79 bits per heavy atom. The summed E-state index contributed by atoms with van der Waals surface area (Å²) in [4.78, 5) is 11.7. The first-order valence-electron chi connectivity index (χ1n) is 6.81. The number of carbonyl (C=O) groups excluding carboxylic acids is 1. The van der Waals surface area contributed by atoms with E-state index in [0.29, 0.717) is 18.4 Å². The molecule has 0 radical (unpaired) electrons. The van der Waals surface area contributed by atoms with Crippen molar-refractivity contribution in [3.8, 4) is 0 Å². The molecule has 19 heavy (non-hydrogen) atoms. The molecule has 0 aromatic carbocycles. The van der Waals surface area contributed by atoms with Crippen LogP contribution in [0.15, 0.2) is 24.3 Å². The van der Waals surface area contributed by atoms with E-state index in [1.807, 2.05) is 0 Å². The van der Waals surface area contributed by atoms with E-state index in [0.717, 1.165) is 12.0 Å². The van der Waals surface area contributed by atoms with E-state index in [4.69, 9.17) is 4.74 Å². The van der Waals surface area contributed by atoms with Gasteiger partial charge < -0.3 is 14.9 Å². The maximum absolute atomic E-state index is 11.7. The lowest BCUT2D eigenvalue weighted by Crippen LogP contribution is -2.43. The third kappa shape index (κ3) is 1.70. The van der Waals surface area contributed by atoms with Gasteiger partial charge in [-0.25, -0.2) is 4.79 Å². The molecule has 2 N–H and O–H groups in total. The van der Waals surface area contributed by atoms with Crippen LogP contribution in [0.3, 0.4) is 0 Å². The van der Waals surface area contributed by atoms with Crippen molar-refractivity contribution in [2.24, 2.45) is 17.8 Å². The van der Waals surface area contributed by atoms with Gasteiger partial charge in [0.25, 0.3) is 0 Å². The zero-order valence-corrected chi connectivity index (χ0v) is 11.1. The van der Waals surface area contributed by atoms with Gasteiger partial charge in [0, 0.05) is 11.5 Å². The lowest BCUT2D eigenvalue weighted by molar-refractivity contribution is -0.147. The zero-order chi connectivity index (χ0) is 13.9. The SMILES string of the molecule is C=C1CC(O)C2C(=C)C(=O)OC2C2C1CCC2(C)O. The second kappa shape index (κ2) is 3.93. The van der Waals surface area contributed by atoms with Crippen LogP contribution in [0.2, 0.25) is 0 Å². The van der Waals surface area contributed by atoms with Crippen LogP contribution in [0.25, 0.3) is 0 Å². The Morgan fingerprint density at radius 2 is 2.11 bits per heavy atom. The van der Waals surface area contributed by atoms with Gasteiger partial charge in [-0.15, -0.1) is 0 Å². The third-order valence-electron chi connectivity index (χ3n) is 5.14. The first kappa shape index (κ1) is 12.9. The molecule has 0 aromatic rings. The molecular weight excluding hydrogens is 244 g/mol. The second-order valence-corrected chi connectivity index (χ2v) is 6.38. The maximum Gasteiger partial charge on any atom is 0.334 e. The number of hydrogen-bond acceptors (Lipinski definition) is 4. The quantitative estimate of drug-likeness (QED) is 0.392. The van der Waals surface area contributed by atoms with Crippen LogP contribution >= 0.6 is 0 Å². The number of aliphatic hydroxyl groups is 2. The minimum Gasteiger partial charge on any atom is -0.458 e. The van der Waals surface area contributed by atoms with Crippen molar-refractivity contribution >= 4 is 5.97 Å². The molecule has 6 atom stereocenters. The molecule has 3 rings (SSSR count). The Kier molecular flexibility index (Phi) is 2.67. The fourth-order valence-electron chi connectivity index (χ4n) is 4.17. The van der Waals surface area contributed by atoms with Crippen LogP contribution in [0.4, 0.5) is 0 Å². The number of rotatable bonds is 0. The molecule has 1 heterocycles. The minimum absolute atomic E-state index is 0.110. The van der Waals surface area contributed by atoms with Gasteiger partial charge in [0.2, 0.25) is 0 Å². The molecule has 2 saturated carbocycles. The normalized spacial score (nSPS) is 49.6. The molecule has 6 unspecified atom stereocenters. The summed E-state index contributed by atoms with van der Waals surface area (Å²) in [5, 5.41) is 20.9. The molecule has 4 heteroatoms.